The normalized spacial score (nSPS) is 19.0. The average Bonchev–Trinajstić information content (AvgIpc) is 3.25. The Hall–Kier alpha value is -5.31. The van der Waals surface area contributed by atoms with Crippen molar-refractivity contribution in [3.05, 3.63) is 115 Å². The molecule has 2 aromatic carbocycles. The summed E-state index contributed by atoms with van der Waals surface area (Å²) in [5, 5.41) is 32.3. The van der Waals surface area contributed by atoms with E-state index in [1.165, 1.54) is 66.9 Å². The molecule has 3 aromatic rings. The molecule has 2 aliphatic heterocycles. The standard InChI is InChI=1S/C30H26N4O10S/c1-30(2,44-29(38)43-16-18-5-9-20(10-6-18)34(41)42)23-24-22(15-17-3-7-19(8-4-17)33(39)40)26(45-21-11-13-31-14-12-21)25(28(36)37)32(24)27(23)35/h3-14,22-24H,15-16H2,1-2H3,(H,36,37)/t22?,23-,24-/m0/s1. The molecular formula is C30H26N4O10S. The van der Waals surface area contributed by atoms with Gasteiger partial charge in [0, 0.05) is 52.4 Å². The van der Waals surface area contributed by atoms with Crippen molar-refractivity contribution < 1.29 is 38.8 Å². The molecule has 14 nitrogen and oxygen atoms in total. The van der Waals surface area contributed by atoms with Gasteiger partial charge in [-0.1, -0.05) is 23.9 Å². The molecule has 1 amide bonds. The van der Waals surface area contributed by atoms with Crippen LogP contribution < -0.4 is 0 Å². The number of rotatable bonds is 11. The molecule has 1 unspecified atom stereocenters. The molecule has 1 saturated heterocycles. The fraction of sp³-hybridized carbons (Fsp3) is 0.267. The maximum absolute atomic E-state index is 13.6. The van der Waals surface area contributed by atoms with Crippen molar-refractivity contribution in [2.75, 3.05) is 0 Å². The summed E-state index contributed by atoms with van der Waals surface area (Å²) in [5.41, 5.74) is -0.660. The fourth-order valence-electron chi connectivity index (χ4n) is 5.59. The van der Waals surface area contributed by atoms with Crippen LogP contribution in [0.5, 0.6) is 0 Å². The fourth-order valence-corrected chi connectivity index (χ4v) is 6.76. The molecule has 232 valence electrons. The Morgan fingerprint density at radius 1 is 0.956 bits per heavy atom. The van der Waals surface area contributed by atoms with Crippen molar-refractivity contribution >= 4 is 41.2 Å². The van der Waals surface area contributed by atoms with E-state index in [-0.39, 0.29) is 30.1 Å². The van der Waals surface area contributed by atoms with Crippen molar-refractivity contribution in [1.29, 1.82) is 0 Å². The largest absolute Gasteiger partial charge is 0.509 e. The van der Waals surface area contributed by atoms with E-state index < -0.39 is 51.4 Å². The monoisotopic (exact) mass is 634 g/mol. The highest BCUT2D eigenvalue weighted by molar-refractivity contribution is 8.03. The summed E-state index contributed by atoms with van der Waals surface area (Å²) in [5.74, 6) is -3.34. The number of non-ortho nitro benzene ring substituents is 2. The van der Waals surface area contributed by atoms with Gasteiger partial charge in [0.2, 0.25) is 5.91 Å². The molecule has 0 radical (unpaired) electrons. The Bertz CT molecular complexity index is 1690. The second kappa shape index (κ2) is 12.4. The van der Waals surface area contributed by atoms with Crippen molar-refractivity contribution in [2.45, 2.75) is 43.4 Å². The number of carboxylic acids is 1. The summed E-state index contributed by atoms with van der Waals surface area (Å²) in [7, 11) is 0. The van der Waals surface area contributed by atoms with Gasteiger partial charge < -0.3 is 19.5 Å². The molecule has 3 atom stereocenters. The summed E-state index contributed by atoms with van der Waals surface area (Å²) < 4.78 is 10.8. The Labute approximate surface area is 260 Å². The lowest BCUT2D eigenvalue weighted by atomic mass is 9.71. The predicted octanol–water partition coefficient (Wildman–Crippen LogP) is 5.12. The van der Waals surface area contributed by atoms with Crippen LogP contribution >= 0.6 is 11.8 Å². The van der Waals surface area contributed by atoms with Gasteiger partial charge >= 0.3 is 12.1 Å². The topological polar surface area (TPSA) is 192 Å². The van der Waals surface area contributed by atoms with Crippen LogP contribution in [0.3, 0.4) is 0 Å². The minimum Gasteiger partial charge on any atom is -0.477 e. The number of thioether (sulfide) groups is 1. The average molecular weight is 635 g/mol. The maximum atomic E-state index is 13.6. The summed E-state index contributed by atoms with van der Waals surface area (Å²) in [6.07, 6.45) is 2.29. The molecule has 1 aromatic heterocycles. The van der Waals surface area contributed by atoms with Gasteiger partial charge in [0.05, 0.1) is 21.8 Å². The second-order valence-electron chi connectivity index (χ2n) is 10.9. The molecule has 0 spiro atoms. The Balaban J connectivity index is 1.40. The number of carbonyl (C=O) groups is 3. The number of ether oxygens (including phenoxy) is 2. The van der Waals surface area contributed by atoms with Gasteiger partial charge in [-0.2, -0.15) is 0 Å². The number of hydrogen-bond acceptors (Lipinski definition) is 11. The number of carbonyl (C=O) groups excluding carboxylic acids is 2. The quantitative estimate of drug-likeness (QED) is 0.127. The van der Waals surface area contributed by atoms with Crippen LogP contribution in [-0.2, 0) is 32.1 Å². The molecule has 15 heteroatoms. The van der Waals surface area contributed by atoms with Crippen LogP contribution in [0.15, 0.2) is 88.6 Å². The van der Waals surface area contributed by atoms with Gasteiger partial charge in [-0.15, -0.1) is 0 Å². The van der Waals surface area contributed by atoms with E-state index in [9.17, 15) is 39.7 Å². The van der Waals surface area contributed by atoms with Gasteiger partial charge in [-0.25, -0.2) is 9.59 Å². The number of pyridine rings is 1. The first-order chi connectivity index (χ1) is 21.4. The Morgan fingerprint density at radius 3 is 2.04 bits per heavy atom. The lowest BCUT2D eigenvalue weighted by Crippen LogP contribution is -2.67. The zero-order valence-electron chi connectivity index (χ0n) is 23.9. The van der Waals surface area contributed by atoms with Crippen LogP contribution in [0.4, 0.5) is 16.2 Å². The van der Waals surface area contributed by atoms with Crippen LogP contribution in [-0.4, -0.2) is 54.5 Å². The molecule has 0 aliphatic carbocycles. The van der Waals surface area contributed by atoms with Crippen LogP contribution in [0.2, 0.25) is 0 Å². The van der Waals surface area contributed by atoms with Crippen LogP contribution in [0, 0.1) is 32.1 Å². The number of aromatic nitrogens is 1. The Morgan fingerprint density at radius 2 is 1.51 bits per heavy atom. The first-order valence-corrected chi connectivity index (χ1v) is 14.4. The molecule has 1 fully saturated rings. The smallest absolute Gasteiger partial charge is 0.477 e. The van der Waals surface area contributed by atoms with Crippen molar-refractivity contribution in [3.8, 4) is 0 Å². The number of fused-ring (bicyclic) bond motifs is 1. The third-order valence-corrected chi connectivity index (χ3v) is 8.87. The molecule has 5 rings (SSSR count). The van der Waals surface area contributed by atoms with Crippen molar-refractivity contribution in [1.82, 2.24) is 9.88 Å². The van der Waals surface area contributed by atoms with E-state index in [0.29, 0.717) is 20.9 Å². The summed E-state index contributed by atoms with van der Waals surface area (Å²) in [4.78, 5) is 66.3. The third-order valence-electron chi connectivity index (χ3n) is 7.65. The Kier molecular flexibility index (Phi) is 8.55. The van der Waals surface area contributed by atoms with Crippen LogP contribution in [0.1, 0.15) is 25.0 Å². The van der Waals surface area contributed by atoms with E-state index in [4.69, 9.17) is 9.47 Å². The van der Waals surface area contributed by atoms with E-state index >= 15 is 0 Å². The minimum atomic E-state index is -1.43. The van der Waals surface area contributed by atoms with E-state index in [1.807, 2.05) is 0 Å². The number of carboxylic acid groups (broad SMARTS) is 1. The molecule has 0 saturated carbocycles. The van der Waals surface area contributed by atoms with Gasteiger partial charge in [0.1, 0.15) is 17.9 Å². The number of nitro groups is 2. The highest BCUT2D eigenvalue weighted by Gasteiger charge is 2.65. The molecule has 1 N–H and O–H groups in total. The number of aliphatic carboxylic acids is 1. The van der Waals surface area contributed by atoms with Crippen molar-refractivity contribution in [3.63, 3.8) is 0 Å². The zero-order chi connectivity index (χ0) is 32.5. The number of benzene rings is 2. The summed E-state index contributed by atoms with van der Waals surface area (Å²) >= 11 is 1.19. The lowest BCUT2D eigenvalue weighted by molar-refractivity contribution is -0.385. The summed E-state index contributed by atoms with van der Waals surface area (Å²) in [6, 6.07) is 14.0. The molecule has 45 heavy (non-hydrogen) atoms. The zero-order valence-corrected chi connectivity index (χ0v) is 24.7. The second-order valence-corrected chi connectivity index (χ2v) is 12.0. The first-order valence-electron chi connectivity index (χ1n) is 13.6. The van der Waals surface area contributed by atoms with E-state index in [2.05, 4.69) is 4.98 Å². The number of nitrogens with zero attached hydrogens (tertiary/aromatic N) is 4. The highest BCUT2D eigenvalue weighted by Crippen LogP contribution is 2.55. The number of hydrogen-bond donors (Lipinski definition) is 1. The molecular weight excluding hydrogens is 608 g/mol. The van der Waals surface area contributed by atoms with E-state index in [1.54, 1.807) is 36.7 Å². The third kappa shape index (κ3) is 6.33. The molecule has 2 aliphatic rings. The highest BCUT2D eigenvalue weighted by atomic mass is 32.2. The minimum absolute atomic E-state index is 0.0987. The molecule has 3 heterocycles. The lowest BCUT2D eigenvalue weighted by Gasteiger charge is -2.51. The summed E-state index contributed by atoms with van der Waals surface area (Å²) in [6.45, 7) is 2.84. The maximum Gasteiger partial charge on any atom is 0.509 e. The van der Waals surface area contributed by atoms with Gasteiger partial charge in [0.15, 0.2) is 0 Å². The number of β-lactam (4-membered cyclic amide) rings is 1. The van der Waals surface area contributed by atoms with Crippen LogP contribution in [0.25, 0.3) is 0 Å². The first kappa shape index (κ1) is 31.1. The predicted molar refractivity (Wildman–Crippen MR) is 158 cm³/mol. The van der Waals surface area contributed by atoms with Gasteiger partial charge in [-0.05, 0) is 55.7 Å². The SMILES string of the molecule is CC(C)(OC(=O)OCc1ccc([N+](=O)[O-])cc1)[C@@H]1C(=O)N2C(C(=O)O)=C(Sc3ccncc3)C(Cc3ccc([N+](=O)[O-])cc3)[C@@H]12. The van der Waals surface area contributed by atoms with Crippen molar-refractivity contribution in [2.24, 2.45) is 11.8 Å². The van der Waals surface area contributed by atoms with Gasteiger partial charge in [0.25, 0.3) is 11.4 Å². The molecule has 0 bridgehead atoms. The number of nitro benzene ring substituents is 2. The number of amides is 1. The van der Waals surface area contributed by atoms with Gasteiger partial charge in [-0.3, -0.25) is 30.0 Å². The van der Waals surface area contributed by atoms with E-state index in [0.717, 1.165) is 0 Å².